The van der Waals surface area contributed by atoms with E-state index < -0.39 is 0 Å². The minimum atomic E-state index is -0.213. The van der Waals surface area contributed by atoms with Crippen LogP contribution in [0.1, 0.15) is 80.3 Å². The summed E-state index contributed by atoms with van der Waals surface area (Å²) in [6.45, 7) is 12.2. The van der Waals surface area contributed by atoms with Crippen LogP contribution in [0.2, 0.25) is 0 Å². The summed E-state index contributed by atoms with van der Waals surface area (Å²) in [5, 5.41) is 10.0. The summed E-state index contributed by atoms with van der Waals surface area (Å²) < 4.78 is 11.7. The average molecular weight is 487 g/mol. The van der Waals surface area contributed by atoms with E-state index in [0.29, 0.717) is 17.6 Å². The van der Waals surface area contributed by atoms with Gasteiger partial charge in [0.25, 0.3) is 0 Å². The Morgan fingerprint density at radius 3 is 2.78 bits per heavy atom. The summed E-state index contributed by atoms with van der Waals surface area (Å²) in [5.74, 6) is 7.76. The highest BCUT2D eigenvalue weighted by atomic mass is 16.5. The van der Waals surface area contributed by atoms with E-state index in [2.05, 4.69) is 48.4 Å². The summed E-state index contributed by atoms with van der Waals surface area (Å²) in [6.07, 6.45) is 4.59. The van der Waals surface area contributed by atoms with Gasteiger partial charge in [0.15, 0.2) is 0 Å². The fourth-order valence-corrected chi connectivity index (χ4v) is 5.14. The molecule has 5 heteroatoms. The third-order valence-corrected chi connectivity index (χ3v) is 6.80. The maximum absolute atomic E-state index is 10.0. The number of rotatable bonds is 7. The number of hydrogen-bond acceptors (Lipinski definition) is 5. The molecule has 5 nitrogen and oxygen atoms in total. The van der Waals surface area contributed by atoms with Gasteiger partial charge in [0.1, 0.15) is 5.75 Å². The molecular weight excluding hydrogens is 448 g/mol. The number of hydrogen-bond donors (Lipinski definition) is 1. The molecule has 1 heterocycles. The lowest BCUT2D eigenvalue weighted by Gasteiger charge is -2.24. The molecule has 1 aliphatic heterocycles. The van der Waals surface area contributed by atoms with Crippen molar-refractivity contribution in [1.82, 2.24) is 4.90 Å². The smallest absolute Gasteiger partial charge is 0.221 e. The van der Waals surface area contributed by atoms with Crippen molar-refractivity contribution in [3.8, 4) is 17.6 Å². The van der Waals surface area contributed by atoms with Gasteiger partial charge in [0.2, 0.25) is 5.90 Å². The van der Waals surface area contributed by atoms with Crippen molar-refractivity contribution in [2.75, 3.05) is 20.2 Å². The van der Waals surface area contributed by atoms with Crippen LogP contribution in [0.15, 0.2) is 48.0 Å². The van der Waals surface area contributed by atoms with Crippen molar-refractivity contribution in [3.63, 3.8) is 0 Å². The fourth-order valence-electron chi connectivity index (χ4n) is 5.14. The molecule has 0 radical (unpaired) electrons. The average Bonchev–Trinajstić information content (AvgIpc) is 3.49. The lowest BCUT2D eigenvalue weighted by molar-refractivity contribution is 0.159. The van der Waals surface area contributed by atoms with Gasteiger partial charge in [-0.25, -0.2) is 4.99 Å². The largest absolute Gasteiger partial charge is 0.490 e. The molecule has 1 N–H and O–H groups in total. The molecule has 2 atom stereocenters. The Balaban J connectivity index is 1.63. The van der Waals surface area contributed by atoms with Gasteiger partial charge in [-0.1, -0.05) is 43.5 Å². The standard InChI is InChI=1S/C31H38N2O3/c1-6-7-8-10-23-19-24(13-16-30(23)36-21(2)3)31(35-5)32-22(4)26-11-9-12-28-27(26)14-15-29(28)33-18-17-25(34)20-33/h9,11-13,16,19,21,25,29,34H,4,6-7,14-15,17-18,20H2,1-3,5H3. The first-order chi connectivity index (χ1) is 17.4. The number of aliphatic imine (C=N–C) groups is 1. The summed E-state index contributed by atoms with van der Waals surface area (Å²) >= 11 is 0. The van der Waals surface area contributed by atoms with Crippen LogP contribution >= 0.6 is 0 Å². The van der Waals surface area contributed by atoms with Crippen LogP contribution in [-0.2, 0) is 11.2 Å². The van der Waals surface area contributed by atoms with E-state index in [1.165, 1.54) is 11.1 Å². The van der Waals surface area contributed by atoms with Crippen molar-refractivity contribution in [3.05, 3.63) is 70.8 Å². The van der Waals surface area contributed by atoms with Crippen LogP contribution in [-0.4, -0.2) is 48.3 Å². The van der Waals surface area contributed by atoms with E-state index in [1.807, 2.05) is 32.0 Å². The molecule has 2 aromatic rings. The zero-order valence-electron chi connectivity index (χ0n) is 22.0. The van der Waals surface area contributed by atoms with Crippen molar-refractivity contribution in [1.29, 1.82) is 0 Å². The Labute approximate surface area is 215 Å². The van der Waals surface area contributed by atoms with Crippen LogP contribution in [0, 0.1) is 11.8 Å². The normalized spacial score (nSPS) is 19.7. The van der Waals surface area contributed by atoms with Crippen LogP contribution in [0.5, 0.6) is 5.75 Å². The first-order valence-corrected chi connectivity index (χ1v) is 13.1. The maximum Gasteiger partial charge on any atom is 0.221 e. The number of ether oxygens (including phenoxy) is 2. The summed E-state index contributed by atoms with van der Waals surface area (Å²) in [7, 11) is 1.64. The fraction of sp³-hybridized carbons (Fsp3) is 0.452. The third-order valence-electron chi connectivity index (χ3n) is 6.80. The molecule has 1 fully saturated rings. The van der Waals surface area contributed by atoms with Gasteiger partial charge in [0.05, 0.1) is 30.6 Å². The van der Waals surface area contributed by atoms with Crippen molar-refractivity contribution in [2.45, 2.75) is 71.1 Å². The molecule has 2 aliphatic rings. The lowest BCUT2D eigenvalue weighted by Crippen LogP contribution is -2.26. The molecule has 0 amide bonds. The number of aliphatic hydroxyl groups is 1. The number of β-amino-alcohol motifs (C(OH)–C–C–N with tert-alkyl or cyclic N) is 1. The number of unbranched alkanes of at least 4 members (excludes halogenated alkanes) is 1. The van der Waals surface area contributed by atoms with Crippen molar-refractivity contribution in [2.24, 2.45) is 4.99 Å². The maximum atomic E-state index is 10.0. The topological polar surface area (TPSA) is 54.3 Å². The molecule has 190 valence electrons. The van der Waals surface area contributed by atoms with Crippen LogP contribution in [0.4, 0.5) is 0 Å². The molecule has 1 saturated heterocycles. The predicted molar refractivity (Wildman–Crippen MR) is 146 cm³/mol. The van der Waals surface area contributed by atoms with Crippen LogP contribution in [0.25, 0.3) is 5.70 Å². The quantitative estimate of drug-likeness (QED) is 0.308. The monoisotopic (exact) mass is 486 g/mol. The van der Waals surface area contributed by atoms with Gasteiger partial charge in [0, 0.05) is 36.7 Å². The summed E-state index contributed by atoms with van der Waals surface area (Å²) in [6, 6.07) is 12.6. The molecule has 0 spiro atoms. The van der Waals surface area contributed by atoms with E-state index in [9.17, 15) is 5.11 Å². The van der Waals surface area contributed by atoms with Crippen molar-refractivity contribution >= 4 is 11.6 Å². The highest BCUT2D eigenvalue weighted by molar-refractivity contribution is 5.98. The Morgan fingerprint density at radius 1 is 1.25 bits per heavy atom. The summed E-state index contributed by atoms with van der Waals surface area (Å²) in [4.78, 5) is 7.24. The number of nitrogens with zero attached hydrogens (tertiary/aromatic N) is 2. The molecule has 36 heavy (non-hydrogen) atoms. The van der Waals surface area contributed by atoms with Gasteiger partial charge in [-0.3, -0.25) is 4.90 Å². The molecule has 0 aromatic heterocycles. The van der Waals surface area contributed by atoms with Gasteiger partial charge in [-0.05, 0) is 68.9 Å². The highest BCUT2D eigenvalue weighted by Crippen LogP contribution is 2.40. The third kappa shape index (κ3) is 5.83. The Kier molecular flexibility index (Phi) is 8.51. The van der Waals surface area contributed by atoms with Crippen LogP contribution < -0.4 is 4.74 Å². The second-order valence-electron chi connectivity index (χ2n) is 9.86. The minimum absolute atomic E-state index is 0.0609. The Bertz CT molecular complexity index is 1190. The molecule has 4 rings (SSSR count). The van der Waals surface area contributed by atoms with E-state index in [1.54, 1.807) is 7.11 Å². The van der Waals surface area contributed by atoms with Gasteiger partial charge in [-0.2, -0.15) is 0 Å². The number of methoxy groups -OCH3 is 1. The van der Waals surface area contributed by atoms with E-state index in [-0.39, 0.29) is 12.2 Å². The number of benzene rings is 2. The SMILES string of the molecule is C=C(N=C(OC)c1ccc(OC(C)C)c(C#CCCC)c1)c1cccc2c1CCC2N1CCC(O)C1. The molecule has 2 aromatic carbocycles. The minimum Gasteiger partial charge on any atom is -0.490 e. The second kappa shape index (κ2) is 11.8. The molecule has 0 saturated carbocycles. The van der Waals surface area contributed by atoms with E-state index in [0.717, 1.165) is 67.6 Å². The Morgan fingerprint density at radius 2 is 2.08 bits per heavy atom. The zero-order chi connectivity index (χ0) is 25.7. The zero-order valence-corrected chi connectivity index (χ0v) is 22.0. The number of likely N-dealkylation sites (tertiary alicyclic amines) is 1. The first-order valence-electron chi connectivity index (χ1n) is 13.1. The number of aliphatic hydroxyl groups excluding tert-OH is 1. The highest BCUT2D eigenvalue weighted by Gasteiger charge is 2.33. The lowest BCUT2D eigenvalue weighted by atomic mass is 10.00. The van der Waals surface area contributed by atoms with Gasteiger partial charge in [-0.15, -0.1) is 0 Å². The molecular formula is C31H38N2O3. The Hall–Kier alpha value is -3.07. The van der Waals surface area contributed by atoms with E-state index in [4.69, 9.17) is 14.5 Å². The van der Waals surface area contributed by atoms with Crippen molar-refractivity contribution < 1.29 is 14.6 Å². The molecule has 0 bridgehead atoms. The second-order valence-corrected chi connectivity index (χ2v) is 9.86. The van der Waals surface area contributed by atoms with Crippen LogP contribution in [0.3, 0.4) is 0 Å². The summed E-state index contributed by atoms with van der Waals surface area (Å²) in [5.41, 5.74) is 6.06. The number of fused-ring (bicyclic) bond motifs is 1. The molecule has 1 aliphatic carbocycles. The molecule has 2 unspecified atom stereocenters. The van der Waals surface area contributed by atoms with Gasteiger partial charge >= 0.3 is 0 Å². The van der Waals surface area contributed by atoms with E-state index >= 15 is 0 Å². The van der Waals surface area contributed by atoms with Gasteiger partial charge < -0.3 is 14.6 Å². The predicted octanol–water partition coefficient (Wildman–Crippen LogP) is 5.74. The first kappa shape index (κ1) is 26.0.